The van der Waals surface area contributed by atoms with Crippen molar-refractivity contribution in [2.45, 2.75) is 18.4 Å². The minimum Gasteiger partial charge on any atom is -0.480 e. The summed E-state index contributed by atoms with van der Waals surface area (Å²) in [6.07, 6.45) is 1.74. The highest BCUT2D eigenvalue weighted by atomic mass is 16.6. The van der Waals surface area contributed by atoms with Crippen molar-refractivity contribution in [2.24, 2.45) is 0 Å². The molecule has 2 rings (SSSR count). The maximum atomic E-state index is 11.4. The minimum absolute atomic E-state index is 0.137. The highest BCUT2D eigenvalue weighted by molar-refractivity contribution is 5.82. The van der Waals surface area contributed by atoms with Crippen LogP contribution < -0.4 is 5.32 Å². The third kappa shape index (κ3) is 2.79. The second-order valence-electron chi connectivity index (χ2n) is 4.28. The first-order chi connectivity index (χ1) is 9.03. The number of nitrogens with one attached hydrogen (secondary N) is 1. The number of hydrogen-bond acceptors (Lipinski definition) is 6. The fraction of sp³-hybridized carbons (Fsp3) is 0.455. The summed E-state index contributed by atoms with van der Waals surface area (Å²) in [6, 6.07) is 2.68. The van der Waals surface area contributed by atoms with Gasteiger partial charge in [-0.1, -0.05) is 0 Å². The van der Waals surface area contributed by atoms with Gasteiger partial charge in [0.25, 0.3) is 5.69 Å². The first kappa shape index (κ1) is 13.2. The lowest BCUT2D eigenvalue weighted by atomic mass is 9.90. The van der Waals surface area contributed by atoms with Gasteiger partial charge in [0, 0.05) is 32.1 Å². The Morgan fingerprint density at radius 3 is 2.63 bits per heavy atom. The highest BCUT2D eigenvalue weighted by Gasteiger charge is 2.40. The summed E-state index contributed by atoms with van der Waals surface area (Å²) in [5, 5.41) is 22.7. The number of nitro groups is 1. The Morgan fingerprint density at radius 1 is 1.47 bits per heavy atom. The van der Waals surface area contributed by atoms with E-state index in [9.17, 15) is 20.0 Å². The van der Waals surface area contributed by atoms with E-state index >= 15 is 0 Å². The van der Waals surface area contributed by atoms with Gasteiger partial charge in [0.15, 0.2) is 0 Å². The summed E-state index contributed by atoms with van der Waals surface area (Å²) >= 11 is 0. The Labute approximate surface area is 108 Å². The van der Waals surface area contributed by atoms with Crippen LogP contribution in [0.2, 0.25) is 0 Å². The van der Waals surface area contributed by atoms with E-state index in [0.29, 0.717) is 31.9 Å². The molecule has 2 N–H and O–H groups in total. The third-order valence-electron chi connectivity index (χ3n) is 3.08. The van der Waals surface area contributed by atoms with Crippen molar-refractivity contribution in [3.63, 3.8) is 0 Å². The molecule has 102 valence electrons. The molecular formula is C11H13N3O5. The predicted molar refractivity (Wildman–Crippen MR) is 64.9 cm³/mol. The van der Waals surface area contributed by atoms with Gasteiger partial charge in [-0.15, -0.1) is 0 Å². The van der Waals surface area contributed by atoms with Crippen molar-refractivity contribution in [1.29, 1.82) is 0 Å². The number of aromatic nitrogens is 1. The van der Waals surface area contributed by atoms with Gasteiger partial charge in [-0.2, -0.15) is 0 Å². The SMILES string of the molecule is O=C(O)C1(Nc2ccc([N+](=O)[O-])cn2)CCOCC1. The average molecular weight is 267 g/mol. The largest absolute Gasteiger partial charge is 0.480 e. The molecule has 1 aromatic heterocycles. The molecule has 1 fully saturated rings. The van der Waals surface area contributed by atoms with E-state index < -0.39 is 16.4 Å². The fourth-order valence-electron chi connectivity index (χ4n) is 1.93. The highest BCUT2D eigenvalue weighted by Crippen LogP contribution is 2.26. The van der Waals surface area contributed by atoms with Crippen LogP contribution in [0.15, 0.2) is 18.3 Å². The normalized spacial score (nSPS) is 17.7. The third-order valence-corrected chi connectivity index (χ3v) is 3.08. The molecule has 0 aliphatic carbocycles. The van der Waals surface area contributed by atoms with Crippen LogP contribution in [0.3, 0.4) is 0 Å². The monoisotopic (exact) mass is 267 g/mol. The van der Waals surface area contributed by atoms with Gasteiger partial charge in [0.1, 0.15) is 17.6 Å². The summed E-state index contributed by atoms with van der Waals surface area (Å²) < 4.78 is 5.15. The molecule has 0 bridgehead atoms. The Balaban J connectivity index is 2.17. The molecule has 0 saturated carbocycles. The molecular weight excluding hydrogens is 254 g/mol. The number of carboxylic acid groups (broad SMARTS) is 1. The smallest absolute Gasteiger partial charge is 0.329 e. The molecule has 0 spiro atoms. The maximum Gasteiger partial charge on any atom is 0.329 e. The van der Waals surface area contributed by atoms with Crippen LogP contribution in [-0.2, 0) is 9.53 Å². The zero-order valence-electron chi connectivity index (χ0n) is 10.0. The van der Waals surface area contributed by atoms with E-state index in [4.69, 9.17) is 4.74 Å². The van der Waals surface area contributed by atoms with E-state index in [1.54, 1.807) is 0 Å². The number of ether oxygens (including phenoxy) is 1. The standard InChI is InChI=1S/C11H13N3O5/c15-10(16)11(3-5-19-6-4-11)13-9-2-1-8(7-12-9)14(17)18/h1-2,7H,3-6H2,(H,12,13)(H,15,16). The molecule has 0 amide bonds. The molecule has 1 aromatic rings. The lowest BCUT2D eigenvalue weighted by molar-refractivity contribution is -0.385. The van der Waals surface area contributed by atoms with Crippen LogP contribution in [0.25, 0.3) is 0 Å². The van der Waals surface area contributed by atoms with E-state index in [0.717, 1.165) is 6.20 Å². The van der Waals surface area contributed by atoms with Crippen molar-refractivity contribution >= 4 is 17.5 Å². The number of nitrogens with zero attached hydrogens (tertiary/aromatic N) is 2. The summed E-state index contributed by atoms with van der Waals surface area (Å²) in [7, 11) is 0. The molecule has 2 heterocycles. The average Bonchev–Trinajstić information content (AvgIpc) is 2.40. The fourth-order valence-corrected chi connectivity index (χ4v) is 1.93. The Bertz CT molecular complexity index is 482. The Hall–Kier alpha value is -2.22. The van der Waals surface area contributed by atoms with Crippen LogP contribution >= 0.6 is 0 Å². The number of anilines is 1. The number of aliphatic carboxylic acids is 1. The van der Waals surface area contributed by atoms with Gasteiger partial charge >= 0.3 is 5.97 Å². The molecule has 0 unspecified atom stereocenters. The van der Waals surface area contributed by atoms with Gasteiger partial charge < -0.3 is 15.2 Å². The first-order valence-electron chi connectivity index (χ1n) is 5.73. The molecule has 8 nitrogen and oxygen atoms in total. The predicted octanol–water partition coefficient (Wildman–Crippen LogP) is 1.04. The number of hydrogen-bond donors (Lipinski definition) is 2. The van der Waals surface area contributed by atoms with Crippen LogP contribution in [0, 0.1) is 10.1 Å². The van der Waals surface area contributed by atoms with Crippen LogP contribution in [0.1, 0.15) is 12.8 Å². The minimum atomic E-state index is -1.12. The topological polar surface area (TPSA) is 115 Å². The van der Waals surface area contributed by atoms with Gasteiger partial charge in [-0.05, 0) is 6.07 Å². The molecule has 1 saturated heterocycles. The molecule has 8 heteroatoms. The van der Waals surface area contributed by atoms with Crippen molar-refractivity contribution in [3.05, 3.63) is 28.4 Å². The van der Waals surface area contributed by atoms with Crippen molar-refractivity contribution < 1.29 is 19.6 Å². The molecule has 19 heavy (non-hydrogen) atoms. The quantitative estimate of drug-likeness (QED) is 0.618. The van der Waals surface area contributed by atoms with Crippen LogP contribution in [0.4, 0.5) is 11.5 Å². The first-order valence-corrected chi connectivity index (χ1v) is 5.73. The Morgan fingerprint density at radius 2 is 2.16 bits per heavy atom. The number of carboxylic acids is 1. The Kier molecular flexibility index (Phi) is 3.61. The van der Waals surface area contributed by atoms with Crippen molar-refractivity contribution in [2.75, 3.05) is 18.5 Å². The summed E-state index contributed by atoms with van der Waals surface area (Å²) in [5.74, 6) is -0.675. The van der Waals surface area contributed by atoms with Crippen molar-refractivity contribution in [3.8, 4) is 0 Å². The maximum absolute atomic E-state index is 11.4. The van der Waals surface area contributed by atoms with Crippen molar-refractivity contribution in [1.82, 2.24) is 4.98 Å². The number of rotatable bonds is 4. The molecule has 1 aliphatic heterocycles. The van der Waals surface area contributed by atoms with Crippen LogP contribution in [-0.4, -0.2) is 39.7 Å². The number of carbonyl (C=O) groups is 1. The zero-order chi connectivity index (χ0) is 13.9. The van der Waals surface area contributed by atoms with Crippen LogP contribution in [0.5, 0.6) is 0 Å². The van der Waals surface area contributed by atoms with E-state index in [2.05, 4.69) is 10.3 Å². The van der Waals surface area contributed by atoms with E-state index in [1.807, 2.05) is 0 Å². The van der Waals surface area contributed by atoms with Gasteiger partial charge in [-0.25, -0.2) is 9.78 Å². The van der Waals surface area contributed by atoms with Gasteiger partial charge in [0.05, 0.1) is 4.92 Å². The second-order valence-corrected chi connectivity index (χ2v) is 4.28. The molecule has 1 aliphatic rings. The molecule has 0 aromatic carbocycles. The second kappa shape index (κ2) is 5.19. The zero-order valence-corrected chi connectivity index (χ0v) is 10.0. The summed E-state index contributed by atoms with van der Waals surface area (Å²) in [6.45, 7) is 0.707. The van der Waals surface area contributed by atoms with Gasteiger partial charge in [-0.3, -0.25) is 10.1 Å². The summed E-state index contributed by atoms with van der Waals surface area (Å²) in [4.78, 5) is 25.2. The van der Waals surface area contributed by atoms with E-state index in [-0.39, 0.29) is 5.69 Å². The van der Waals surface area contributed by atoms with Gasteiger partial charge in [0.2, 0.25) is 0 Å². The molecule has 0 radical (unpaired) electrons. The van der Waals surface area contributed by atoms with E-state index in [1.165, 1.54) is 12.1 Å². The summed E-state index contributed by atoms with van der Waals surface area (Å²) in [5.41, 5.74) is -1.26. The number of pyridine rings is 1. The lowest BCUT2D eigenvalue weighted by Crippen LogP contribution is -2.50. The molecule has 0 atom stereocenters. The lowest BCUT2D eigenvalue weighted by Gasteiger charge is -2.34.